The molecule has 0 aliphatic carbocycles. The van der Waals surface area contributed by atoms with Crippen LogP contribution in [0.4, 0.5) is 4.39 Å². The Labute approximate surface area is 111 Å². The first-order valence-electron chi connectivity index (χ1n) is 4.74. The Balaban J connectivity index is 2.52. The van der Waals surface area contributed by atoms with Crippen molar-refractivity contribution < 1.29 is 13.6 Å². The predicted molar refractivity (Wildman–Crippen MR) is 66.0 cm³/mol. The molecule has 0 fully saturated rings. The summed E-state index contributed by atoms with van der Waals surface area (Å²) in [5.74, 6) is -0.739. The largest absolute Gasteiger partial charge is 0.457 e. The summed E-state index contributed by atoms with van der Waals surface area (Å²) in [5, 5.41) is 0.0891. The van der Waals surface area contributed by atoms with Crippen LogP contribution in [-0.2, 0) is 0 Å². The second-order valence-corrected chi connectivity index (χ2v) is 4.65. The normalized spacial score (nSPS) is 10.6. The number of carbonyl (C=O) groups excluding carboxylic acids is 1. The van der Waals surface area contributed by atoms with Crippen LogP contribution in [0, 0.1) is 12.7 Å². The molecule has 2 rings (SSSR count). The van der Waals surface area contributed by atoms with E-state index in [-0.39, 0.29) is 16.4 Å². The Morgan fingerprint density at radius 1 is 1.41 bits per heavy atom. The van der Waals surface area contributed by atoms with E-state index in [4.69, 9.17) is 16.0 Å². The number of halogens is 3. The summed E-state index contributed by atoms with van der Waals surface area (Å²) in [4.78, 5) is 12.1. The standard InChI is InChI=1S/C12H7BrClFO2/c1-6-4-8(9(14)5-10(6)15)11(16)7-2-3-17-12(7)13/h2-5H,1H3. The molecule has 0 atom stereocenters. The molecule has 0 spiro atoms. The van der Waals surface area contributed by atoms with Gasteiger partial charge in [-0.25, -0.2) is 4.39 Å². The van der Waals surface area contributed by atoms with E-state index < -0.39 is 5.82 Å². The first-order chi connectivity index (χ1) is 8.00. The van der Waals surface area contributed by atoms with Gasteiger partial charge < -0.3 is 4.42 Å². The van der Waals surface area contributed by atoms with Crippen molar-refractivity contribution in [1.82, 2.24) is 0 Å². The molecule has 0 aliphatic heterocycles. The Hall–Kier alpha value is -1.13. The van der Waals surface area contributed by atoms with E-state index in [1.54, 1.807) is 6.92 Å². The first-order valence-corrected chi connectivity index (χ1v) is 5.91. The summed E-state index contributed by atoms with van der Waals surface area (Å²) in [7, 11) is 0. The van der Waals surface area contributed by atoms with E-state index in [2.05, 4.69) is 15.9 Å². The van der Waals surface area contributed by atoms with E-state index >= 15 is 0 Å². The van der Waals surface area contributed by atoms with Gasteiger partial charge in [-0.15, -0.1) is 0 Å². The van der Waals surface area contributed by atoms with E-state index in [0.717, 1.165) is 6.07 Å². The van der Waals surface area contributed by atoms with Crippen molar-refractivity contribution in [3.63, 3.8) is 0 Å². The second kappa shape index (κ2) is 4.63. The molecule has 0 radical (unpaired) electrons. The minimum Gasteiger partial charge on any atom is -0.457 e. The molecule has 0 amide bonds. The minimum absolute atomic E-state index is 0.0891. The highest BCUT2D eigenvalue weighted by atomic mass is 79.9. The first kappa shape index (κ1) is 12.3. The lowest BCUT2D eigenvalue weighted by atomic mass is 10.0. The molecule has 17 heavy (non-hydrogen) atoms. The molecule has 0 N–H and O–H groups in total. The van der Waals surface area contributed by atoms with Crippen LogP contribution in [0.3, 0.4) is 0 Å². The Bertz CT molecular complexity index is 592. The van der Waals surface area contributed by atoms with E-state index in [1.165, 1.54) is 18.4 Å². The lowest BCUT2D eigenvalue weighted by Gasteiger charge is -2.04. The van der Waals surface area contributed by atoms with Gasteiger partial charge in [-0.05, 0) is 46.6 Å². The Morgan fingerprint density at radius 3 is 2.71 bits per heavy atom. The number of hydrogen-bond acceptors (Lipinski definition) is 2. The third-order valence-corrected chi connectivity index (χ3v) is 3.28. The van der Waals surface area contributed by atoms with Crippen molar-refractivity contribution in [2.75, 3.05) is 0 Å². The lowest BCUT2D eigenvalue weighted by molar-refractivity contribution is 0.103. The molecule has 0 saturated carbocycles. The van der Waals surface area contributed by atoms with Crippen molar-refractivity contribution in [2.45, 2.75) is 6.92 Å². The predicted octanol–water partition coefficient (Wildman–Crippen LogP) is 4.37. The monoisotopic (exact) mass is 316 g/mol. The molecule has 0 unspecified atom stereocenters. The molecule has 1 heterocycles. The van der Waals surface area contributed by atoms with Crippen LogP contribution in [0.1, 0.15) is 21.5 Å². The van der Waals surface area contributed by atoms with Gasteiger partial charge in [0, 0.05) is 5.56 Å². The van der Waals surface area contributed by atoms with E-state index in [9.17, 15) is 9.18 Å². The van der Waals surface area contributed by atoms with Crippen molar-refractivity contribution in [3.8, 4) is 0 Å². The highest BCUT2D eigenvalue weighted by Gasteiger charge is 2.19. The van der Waals surface area contributed by atoms with Crippen molar-refractivity contribution in [1.29, 1.82) is 0 Å². The Morgan fingerprint density at radius 2 is 2.12 bits per heavy atom. The molecule has 2 nitrogen and oxygen atoms in total. The average molecular weight is 318 g/mol. The van der Waals surface area contributed by atoms with Gasteiger partial charge in [0.2, 0.25) is 0 Å². The summed E-state index contributed by atoms with van der Waals surface area (Å²) in [6.45, 7) is 1.58. The minimum atomic E-state index is -0.433. The van der Waals surface area contributed by atoms with E-state index in [1.807, 2.05) is 0 Å². The molecule has 0 bridgehead atoms. The molecule has 1 aromatic carbocycles. The average Bonchev–Trinajstić information content (AvgIpc) is 2.69. The van der Waals surface area contributed by atoms with Gasteiger partial charge in [-0.1, -0.05) is 11.6 Å². The summed E-state index contributed by atoms with van der Waals surface area (Å²) in [5.41, 5.74) is 0.989. The van der Waals surface area contributed by atoms with Gasteiger partial charge in [-0.3, -0.25) is 4.79 Å². The van der Waals surface area contributed by atoms with Crippen LogP contribution in [0.2, 0.25) is 5.02 Å². The molecule has 2 aromatic rings. The second-order valence-electron chi connectivity index (χ2n) is 3.52. The fourth-order valence-corrected chi connectivity index (χ4v) is 2.09. The van der Waals surface area contributed by atoms with Crippen LogP contribution >= 0.6 is 27.5 Å². The quantitative estimate of drug-likeness (QED) is 0.770. The highest BCUT2D eigenvalue weighted by Crippen LogP contribution is 2.26. The summed E-state index contributed by atoms with van der Waals surface area (Å²) < 4.78 is 18.5. The highest BCUT2D eigenvalue weighted by molar-refractivity contribution is 9.10. The van der Waals surface area contributed by atoms with Crippen LogP contribution in [0.25, 0.3) is 0 Å². The summed E-state index contributed by atoms with van der Waals surface area (Å²) >= 11 is 8.98. The van der Waals surface area contributed by atoms with Gasteiger partial charge in [0.1, 0.15) is 5.82 Å². The maximum atomic E-state index is 13.2. The fourth-order valence-electron chi connectivity index (χ4n) is 1.43. The fraction of sp³-hybridized carbons (Fsp3) is 0.0833. The zero-order chi connectivity index (χ0) is 12.6. The Kier molecular flexibility index (Phi) is 3.35. The number of ketones is 1. The topological polar surface area (TPSA) is 30.2 Å². The maximum Gasteiger partial charge on any atom is 0.198 e. The molecular formula is C12H7BrClFO2. The van der Waals surface area contributed by atoms with Gasteiger partial charge in [0.05, 0.1) is 16.8 Å². The maximum absolute atomic E-state index is 13.2. The van der Waals surface area contributed by atoms with Crippen LogP contribution in [0.15, 0.2) is 33.5 Å². The molecular weight excluding hydrogens is 310 g/mol. The molecule has 5 heteroatoms. The van der Waals surface area contributed by atoms with Crippen molar-refractivity contribution >= 4 is 33.3 Å². The summed E-state index contributed by atoms with van der Waals surface area (Å²) in [6, 6.07) is 4.10. The third kappa shape index (κ3) is 2.28. The molecule has 0 aliphatic rings. The third-order valence-electron chi connectivity index (χ3n) is 2.36. The molecule has 1 aromatic heterocycles. The number of aryl methyl sites for hydroxylation is 1. The van der Waals surface area contributed by atoms with Crippen molar-refractivity contribution in [2.24, 2.45) is 0 Å². The van der Waals surface area contributed by atoms with Gasteiger partial charge in [-0.2, -0.15) is 0 Å². The number of rotatable bonds is 2. The van der Waals surface area contributed by atoms with Crippen LogP contribution < -0.4 is 0 Å². The van der Waals surface area contributed by atoms with Crippen LogP contribution in [-0.4, -0.2) is 5.78 Å². The van der Waals surface area contributed by atoms with Gasteiger partial charge in [0.25, 0.3) is 0 Å². The lowest BCUT2D eigenvalue weighted by Crippen LogP contribution is -2.03. The number of hydrogen-bond donors (Lipinski definition) is 0. The van der Waals surface area contributed by atoms with Crippen LogP contribution in [0.5, 0.6) is 0 Å². The number of furan rings is 1. The van der Waals surface area contributed by atoms with Gasteiger partial charge >= 0.3 is 0 Å². The summed E-state index contributed by atoms with van der Waals surface area (Å²) in [6.07, 6.45) is 1.39. The molecule has 88 valence electrons. The number of carbonyl (C=O) groups is 1. The van der Waals surface area contributed by atoms with Gasteiger partial charge in [0.15, 0.2) is 10.5 Å². The zero-order valence-corrected chi connectivity index (χ0v) is 11.1. The zero-order valence-electron chi connectivity index (χ0n) is 8.76. The smallest absolute Gasteiger partial charge is 0.198 e. The van der Waals surface area contributed by atoms with E-state index in [0.29, 0.717) is 15.8 Å². The molecule has 0 saturated heterocycles. The SMILES string of the molecule is Cc1cc(C(=O)c2ccoc2Br)c(Cl)cc1F. The number of benzene rings is 1. The van der Waals surface area contributed by atoms with Crippen molar-refractivity contribution in [3.05, 3.63) is 56.7 Å².